The lowest BCUT2D eigenvalue weighted by atomic mass is 10.1. The van der Waals surface area contributed by atoms with Gasteiger partial charge in [-0.25, -0.2) is 12.8 Å². The van der Waals surface area contributed by atoms with Crippen LogP contribution in [0.3, 0.4) is 0 Å². The zero-order chi connectivity index (χ0) is 29.4. The van der Waals surface area contributed by atoms with Crippen molar-refractivity contribution in [2.45, 2.75) is 64.1 Å². The average molecular weight is 588 g/mol. The molecule has 2 atom stereocenters. The third-order valence-electron chi connectivity index (χ3n) is 6.66. The number of hydrogen-bond donors (Lipinski definition) is 1. The topological polar surface area (TPSA) is 86.8 Å². The summed E-state index contributed by atoms with van der Waals surface area (Å²) < 4.78 is 42.3. The number of nitrogens with zero attached hydrogens (tertiary/aromatic N) is 2. The lowest BCUT2D eigenvalue weighted by molar-refractivity contribution is -0.140. The molecule has 0 aliphatic rings. The summed E-state index contributed by atoms with van der Waals surface area (Å²) in [6.07, 6.45) is 0.981. The van der Waals surface area contributed by atoms with E-state index in [2.05, 4.69) is 5.32 Å². The van der Waals surface area contributed by atoms with E-state index >= 15 is 0 Å². The quantitative estimate of drug-likeness (QED) is 0.294. The number of para-hydroxylation sites is 1. The Balaban J connectivity index is 2.06. The molecule has 0 aromatic heterocycles. The smallest absolute Gasteiger partial charge is 0.264 e. The van der Waals surface area contributed by atoms with E-state index in [-0.39, 0.29) is 40.5 Å². The average Bonchev–Trinajstić information content (AvgIpc) is 2.93. The van der Waals surface area contributed by atoms with Crippen molar-refractivity contribution in [2.24, 2.45) is 0 Å². The summed E-state index contributed by atoms with van der Waals surface area (Å²) in [7, 11) is -4.22. The van der Waals surface area contributed by atoms with Gasteiger partial charge in [-0.15, -0.1) is 0 Å². The van der Waals surface area contributed by atoms with Gasteiger partial charge in [-0.1, -0.05) is 67.4 Å². The van der Waals surface area contributed by atoms with Crippen molar-refractivity contribution < 1.29 is 22.4 Å². The van der Waals surface area contributed by atoms with Crippen LogP contribution in [0.4, 0.5) is 10.1 Å². The number of sulfonamides is 1. The normalized spacial score (nSPS) is 12.8. The van der Waals surface area contributed by atoms with E-state index in [1.165, 1.54) is 47.4 Å². The van der Waals surface area contributed by atoms with E-state index in [9.17, 15) is 22.4 Å². The van der Waals surface area contributed by atoms with Gasteiger partial charge in [0.25, 0.3) is 10.0 Å². The van der Waals surface area contributed by atoms with Gasteiger partial charge >= 0.3 is 0 Å². The first-order valence-corrected chi connectivity index (χ1v) is 15.0. The lowest BCUT2D eigenvalue weighted by Crippen LogP contribution is -2.53. The van der Waals surface area contributed by atoms with Crippen molar-refractivity contribution in [3.8, 4) is 0 Å². The Morgan fingerprint density at radius 1 is 0.950 bits per heavy atom. The van der Waals surface area contributed by atoms with E-state index in [0.29, 0.717) is 12.0 Å². The van der Waals surface area contributed by atoms with Crippen molar-refractivity contribution in [3.63, 3.8) is 0 Å². The molecule has 0 fully saturated rings. The number of anilines is 1. The van der Waals surface area contributed by atoms with Crippen LogP contribution in [0.5, 0.6) is 0 Å². The molecule has 3 rings (SSSR count). The van der Waals surface area contributed by atoms with Gasteiger partial charge in [-0.2, -0.15) is 0 Å². The number of rotatable bonds is 12. The van der Waals surface area contributed by atoms with Crippen molar-refractivity contribution >= 4 is 39.1 Å². The molecule has 214 valence electrons. The summed E-state index contributed by atoms with van der Waals surface area (Å²) in [6, 6.07) is 17.3. The molecule has 0 saturated carbocycles. The molecular formula is C30H35ClFN3O4S. The van der Waals surface area contributed by atoms with E-state index in [1.54, 1.807) is 37.3 Å². The predicted molar refractivity (Wildman–Crippen MR) is 156 cm³/mol. The van der Waals surface area contributed by atoms with Gasteiger partial charge in [0, 0.05) is 12.6 Å². The maximum atomic E-state index is 14.0. The minimum Gasteiger partial charge on any atom is -0.352 e. The first kappa shape index (κ1) is 31.1. The highest BCUT2D eigenvalue weighted by atomic mass is 35.5. The summed E-state index contributed by atoms with van der Waals surface area (Å²) >= 11 is 6.43. The standard InChI is InChI=1S/C30H35ClFN3O4S/c1-5-22(4)33-30(37)27(6-2)34(19-23-13-15-24(32)16-14-23)29(36)20-35(28-10-8-7-9-26(28)31)40(38,39)25-17-11-21(3)12-18-25/h7-18,22,27H,5-6,19-20H2,1-4H3,(H,33,37)/t22-,27-/m0/s1. The monoisotopic (exact) mass is 587 g/mol. The van der Waals surface area contributed by atoms with Crippen LogP contribution in [-0.4, -0.2) is 43.8 Å². The minimum atomic E-state index is -4.22. The van der Waals surface area contributed by atoms with Gasteiger partial charge in [-0.3, -0.25) is 13.9 Å². The Bertz CT molecular complexity index is 1420. The summed E-state index contributed by atoms with van der Waals surface area (Å²) in [5.74, 6) is -1.39. The highest BCUT2D eigenvalue weighted by Crippen LogP contribution is 2.31. The summed E-state index contributed by atoms with van der Waals surface area (Å²) in [5, 5.41) is 3.07. The number of aryl methyl sites for hydroxylation is 1. The van der Waals surface area contributed by atoms with Crippen LogP contribution in [0, 0.1) is 12.7 Å². The zero-order valence-corrected chi connectivity index (χ0v) is 24.7. The molecule has 10 heteroatoms. The second kappa shape index (κ2) is 13.8. The summed E-state index contributed by atoms with van der Waals surface area (Å²) in [5.41, 5.74) is 1.61. The van der Waals surface area contributed by atoms with E-state index in [1.807, 2.05) is 20.8 Å². The van der Waals surface area contributed by atoms with Crippen molar-refractivity contribution in [1.29, 1.82) is 0 Å². The van der Waals surface area contributed by atoms with Crippen molar-refractivity contribution in [1.82, 2.24) is 10.2 Å². The van der Waals surface area contributed by atoms with Gasteiger partial charge in [0.05, 0.1) is 15.6 Å². The highest BCUT2D eigenvalue weighted by Gasteiger charge is 2.34. The largest absolute Gasteiger partial charge is 0.352 e. The molecule has 3 aromatic rings. The Morgan fingerprint density at radius 2 is 1.57 bits per heavy atom. The molecule has 1 N–H and O–H groups in total. The minimum absolute atomic E-state index is 0.00235. The molecule has 0 radical (unpaired) electrons. The van der Waals surface area contributed by atoms with Crippen molar-refractivity contribution in [2.75, 3.05) is 10.8 Å². The van der Waals surface area contributed by atoms with E-state index in [0.717, 1.165) is 9.87 Å². The van der Waals surface area contributed by atoms with Crippen LogP contribution in [0.15, 0.2) is 77.7 Å². The molecular weight excluding hydrogens is 553 g/mol. The highest BCUT2D eigenvalue weighted by molar-refractivity contribution is 7.92. The van der Waals surface area contributed by atoms with Gasteiger partial charge < -0.3 is 10.2 Å². The molecule has 40 heavy (non-hydrogen) atoms. The molecule has 3 aromatic carbocycles. The number of nitrogens with one attached hydrogen (secondary N) is 1. The van der Waals surface area contributed by atoms with E-state index < -0.39 is 34.3 Å². The third kappa shape index (κ3) is 7.61. The predicted octanol–water partition coefficient (Wildman–Crippen LogP) is 5.70. The fraction of sp³-hybridized carbons (Fsp3) is 0.333. The van der Waals surface area contributed by atoms with Crippen LogP contribution < -0.4 is 9.62 Å². The first-order valence-electron chi connectivity index (χ1n) is 13.2. The number of amides is 2. The SMILES string of the molecule is CC[C@H](C)NC(=O)[C@H](CC)N(Cc1ccc(F)cc1)C(=O)CN(c1ccccc1Cl)S(=O)(=O)c1ccc(C)cc1. The van der Waals surface area contributed by atoms with Crippen LogP contribution >= 0.6 is 11.6 Å². The van der Waals surface area contributed by atoms with Crippen molar-refractivity contribution in [3.05, 3.63) is 94.8 Å². The Morgan fingerprint density at radius 3 is 2.15 bits per heavy atom. The molecule has 0 spiro atoms. The molecule has 0 heterocycles. The second-order valence-electron chi connectivity index (χ2n) is 9.67. The summed E-state index contributed by atoms with van der Waals surface area (Å²) in [6.45, 7) is 6.80. The lowest BCUT2D eigenvalue weighted by Gasteiger charge is -2.34. The zero-order valence-electron chi connectivity index (χ0n) is 23.1. The number of benzene rings is 3. The van der Waals surface area contributed by atoms with Gasteiger partial charge in [-0.05, 0) is 68.7 Å². The molecule has 7 nitrogen and oxygen atoms in total. The molecule has 0 saturated heterocycles. The van der Waals surface area contributed by atoms with Gasteiger partial charge in [0.2, 0.25) is 11.8 Å². The number of carbonyl (C=O) groups is 2. The molecule has 0 aliphatic carbocycles. The fourth-order valence-corrected chi connectivity index (χ4v) is 5.87. The Hall–Kier alpha value is -3.43. The number of hydrogen-bond acceptors (Lipinski definition) is 4. The maximum absolute atomic E-state index is 14.0. The summed E-state index contributed by atoms with van der Waals surface area (Å²) in [4.78, 5) is 28.6. The Kier molecular flexibility index (Phi) is 10.7. The van der Waals surface area contributed by atoms with Crippen LogP contribution in [0.2, 0.25) is 5.02 Å². The fourth-order valence-electron chi connectivity index (χ4n) is 4.15. The Labute approximate surface area is 241 Å². The molecule has 0 aliphatic heterocycles. The number of halogens is 2. The van der Waals surface area contributed by atoms with Crippen LogP contribution in [0.1, 0.15) is 44.7 Å². The van der Waals surface area contributed by atoms with E-state index in [4.69, 9.17) is 11.6 Å². The maximum Gasteiger partial charge on any atom is 0.264 e. The molecule has 0 unspecified atom stereocenters. The van der Waals surface area contributed by atoms with Gasteiger partial charge in [0.1, 0.15) is 18.4 Å². The number of carbonyl (C=O) groups excluding carboxylic acids is 2. The second-order valence-corrected chi connectivity index (χ2v) is 11.9. The van der Waals surface area contributed by atoms with Crippen LogP contribution in [0.25, 0.3) is 0 Å². The molecule has 2 amide bonds. The van der Waals surface area contributed by atoms with Crippen LogP contribution in [-0.2, 0) is 26.2 Å². The first-order chi connectivity index (χ1) is 19.0. The van der Waals surface area contributed by atoms with Gasteiger partial charge in [0.15, 0.2) is 0 Å². The molecule has 0 bridgehead atoms. The third-order valence-corrected chi connectivity index (χ3v) is 8.76.